The maximum Gasteiger partial charge on any atom is 0.248 e. The summed E-state index contributed by atoms with van der Waals surface area (Å²) in [4.78, 5) is 22.0. The van der Waals surface area contributed by atoms with E-state index >= 15 is 0 Å². The number of carbonyl (C=O) groups is 2. The van der Waals surface area contributed by atoms with Gasteiger partial charge in [-0.2, -0.15) is 0 Å². The van der Waals surface area contributed by atoms with Gasteiger partial charge in [0.1, 0.15) is 6.10 Å². The molecule has 0 aliphatic carbocycles. The largest absolute Gasteiger partial charge is 0.381 e. The molecule has 0 aliphatic rings. The molecule has 0 spiro atoms. The van der Waals surface area contributed by atoms with E-state index in [0.717, 1.165) is 11.3 Å². The maximum atomic E-state index is 11.4. The minimum absolute atomic E-state index is 0.140. The molecule has 2 amide bonds. The molecule has 0 heterocycles. The van der Waals surface area contributed by atoms with Crippen molar-refractivity contribution in [3.63, 3.8) is 0 Å². The first-order valence-corrected chi connectivity index (χ1v) is 7.02. The van der Waals surface area contributed by atoms with E-state index in [1.807, 2.05) is 25.1 Å². The smallest absolute Gasteiger partial charge is 0.248 e. The predicted molar refractivity (Wildman–Crippen MR) is 75.6 cm³/mol. The Morgan fingerprint density at radius 1 is 1.47 bits per heavy atom. The van der Waals surface area contributed by atoms with E-state index < -0.39 is 12.0 Å². The maximum absolute atomic E-state index is 11.4. The van der Waals surface area contributed by atoms with Crippen molar-refractivity contribution < 1.29 is 14.7 Å². The summed E-state index contributed by atoms with van der Waals surface area (Å²) in [5.74, 6) is -0.0435. The molecule has 1 atom stereocenters. The Hall–Kier alpha value is -1.53. The van der Waals surface area contributed by atoms with Crippen molar-refractivity contribution in [3.05, 3.63) is 35.4 Å². The zero-order valence-corrected chi connectivity index (χ0v) is 11.6. The number of nitrogens with two attached hydrogens (primary N) is 1. The molecule has 104 valence electrons. The van der Waals surface area contributed by atoms with Gasteiger partial charge in [-0.1, -0.05) is 29.8 Å². The van der Waals surface area contributed by atoms with E-state index in [1.54, 1.807) is 0 Å². The van der Waals surface area contributed by atoms with Gasteiger partial charge in [0.2, 0.25) is 11.8 Å². The summed E-state index contributed by atoms with van der Waals surface area (Å²) in [7, 11) is 0. The summed E-state index contributed by atoms with van der Waals surface area (Å²) in [6, 6.07) is 8.08. The number of nitrogens with one attached hydrogen (secondary N) is 1. The van der Waals surface area contributed by atoms with E-state index in [2.05, 4.69) is 11.4 Å². The molecule has 1 aromatic carbocycles. The number of amides is 2. The first-order valence-electron chi connectivity index (χ1n) is 5.86. The Morgan fingerprint density at radius 3 is 2.84 bits per heavy atom. The molecule has 4 N–H and O–H groups in total. The first kappa shape index (κ1) is 15.5. The van der Waals surface area contributed by atoms with Gasteiger partial charge < -0.3 is 16.2 Å². The zero-order valence-electron chi connectivity index (χ0n) is 10.8. The van der Waals surface area contributed by atoms with Crippen molar-refractivity contribution in [2.45, 2.75) is 18.8 Å². The third-order valence-corrected chi connectivity index (χ3v) is 3.41. The summed E-state index contributed by atoms with van der Waals surface area (Å²) >= 11 is 1.47. The minimum Gasteiger partial charge on any atom is -0.381 e. The van der Waals surface area contributed by atoms with Gasteiger partial charge in [-0.25, -0.2) is 0 Å². The Kier molecular flexibility index (Phi) is 6.38. The van der Waals surface area contributed by atoms with Crippen LogP contribution in [0.25, 0.3) is 0 Å². The topological polar surface area (TPSA) is 92.4 Å². The van der Waals surface area contributed by atoms with Crippen molar-refractivity contribution in [3.8, 4) is 0 Å². The molecule has 0 saturated carbocycles. The number of benzene rings is 1. The molecule has 0 saturated heterocycles. The Labute approximate surface area is 116 Å². The molecule has 1 rings (SSSR count). The van der Waals surface area contributed by atoms with E-state index in [-0.39, 0.29) is 18.2 Å². The van der Waals surface area contributed by atoms with Gasteiger partial charge in [0.05, 0.1) is 12.3 Å². The van der Waals surface area contributed by atoms with E-state index in [1.165, 1.54) is 17.3 Å². The van der Waals surface area contributed by atoms with Crippen molar-refractivity contribution in [2.24, 2.45) is 5.73 Å². The van der Waals surface area contributed by atoms with Gasteiger partial charge in [-0.05, 0) is 12.5 Å². The number of primary amides is 1. The second-order valence-corrected chi connectivity index (χ2v) is 5.19. The molecule has 1 aromatic rings. The quantitative estimate of drug-likeness (QED) is 0.665. The van der Waals surface area contributed by atoms with Crippen LogP contribution in [-0.4, -0.2) is 35.3 Å². The predicted octanol–water partition coefficient (Wildman–Crippen LogP) is 0.191. The lowest BCUT2D eigenvalue weighted by molar-refractivity contribution is -0.126. The van der Waals surface area contributed by atoms with Crippen LogP contribution in [-0.2, 0) is 15.3 Å². The number of rotatable bonds is 7. The molecule has 6 heteroatoms. The highest BCUT2D eigenvalue weighted by Gasteiger charge is 2.11. The summed E-state index contributed by atoms with van der Waals surface area (Å²) in [5, 5.41) is 11.6. The summed E-state index contributed by atoms with van der Waals surface area (Å²) in [6.07, 6.45) is -1.33. The van der Waals surface area contributed by atoms with Crippen LogP contribution in [0.3, 0.4) is 0 Å². The Bertz CT molecular complexity index is 451. The highest BCUT2D eigenvalue weighted by molar-refractivity contribution is 7.99. The molecule has 5 nitrogen and oxygen atoms in total. The highest BCUT2D eigenvalue weighted by atomic mass is 32.2. The zero-order chi connectivity index (χ0) is 14.3. The van der Waals surface area contributed by atoms with Gasteiger partial charge in [-0.15, -0.1) is 11.8 Å². The fraction of sp³-hybridized carbons (Fsp3) is 0.385. The number of aryl methyl sites for hydroxylation is 1. The van der Waals surface area contributed by atoms with Crippen LogP contribution < -0.4 is 11.1 Å². The Balaban J connectivity index is 2.22. The average Bonchev–Trinajstić information content (AvgIpc) is 2.36. The van der Waals surface area contributed by atoms with Gasteiger partial charge >= 0.3 is 0 Å². The Morgan fingerprint density at radius 2 is 2.21 bits per heavy atom. The van der Waals surface area contributed by atoms with Crippen LogP contribution in [0.4, 0.5) is 0 Å². The standard InChI is InChI=1S/C13H18N2O3S/c1-9-3-2-4-10(5-9)7-19-8-12(17)15-6-11(16)13(14)18/h2-5,11,16H,6-8H2,1H3,(H2,14,18)(H,15,17). The SMILES string of the molecule is Cc1cccc(CSCC(=O)NCC(O)C(N)=O)c1. The minimum atomic E-state index is -1.33. The third-order valence-electron chi connectivity index (χ3n) is 2.41. The molecular weight excluding hydrogens is 264 g/mol. The highest BCUT2D eigenvalue weighted by Crippen LogP contribution is 2.13. The summed E-state index contributed by atoms with van der Waals surface area (Å²) < 4.78 is 0. The normalized spacial score (nSPS) is 11.9. The number of hydrogen-bond donors (Lipinski definition) is 3. The number of carbonyl (C=O) groups excluding carboxylic acids is 2. The van der Waals surface area contributed by atoms with Gasteiger partial charge in [0.15, 0.2) is 0 Å². The van der Waals surface area contributed by atoms with E-state index in [9.17, 15) is 9.59 Å². The van der Waals surface area contributed by atoms with E-state index in [4.69, 9.17) is 10.8 Å². The molecule has 0 radical (unpaired) electrons. The lowest BCUT2D eigenvalue weighted by Crippen LogP contribution is -2.40. The van der Waals surface area contributed by atoms with Crippen LogP contribution in [0.15, 0.2) is 24.3 Å². The van der Waals surface area contributed by atoms with Crippen molar-refractivity contribution >= 4 is 23.6 Å². The fourth-order valence-corrected chi connectivity index (χ4v) is 2.23. The van der Waals surface area contributed by atoms with Gasteiger partial charge in [0.25, 0.3) is 0 Å². The molecular formula is C13H18N2O3S. The van der Waals surface area contributed by atoms with Crippen LogP contribution in [0.2, 0.25) is 0 Å². The van der Waals surface area contributed by atoms with Crippen molar-refractivity contribution in [1.29, 1.82) is 0 Å². The average molecular weight is 282 g/mol. The second kappa shape index (κ2) is 7.81. The first-order chi connectivity index (χ1) is 8.99. The second-order valence-electron chi connectivity index (χ2n) is 4.20. The molecule has 0 aromatic heterocycles. The van der Waals surface area contributed by atoms with Crippen molar-refractivity contribution in [2.75, 3.05) is 12.3 Å². The lowest BCUT2D eigenvalue weighted by Gasteiger charge is -2.08. The molecule has 0 bridgehead atoms. The number of hydrogen-bond acceptors (Lipinski definition) is 4. The van der Waals surface area contributed by atoms with Crippen LogP contribution in [0, 0.1) is 6.92 Å². The van der Waals surface area contributed by atoms with Crippen LogP contribution >= 0.6 is 11.8 Å². The lowest BCUT2D eigenvalue weighted by atomic mass is 10.2. The molecule has 0 aliphatic heterocycles. The van der Waals surface area contributed by atoms with Gasteiger partial charge in [-0.3, -0.25) is 9.59 Å². The number of aliphatic hydroxyl groups excluding tert-OH is 1. The molecule has 0 fully saturated rings. The van der Waals surface area contributed by atoms with Crippen LogP contribution in [0.1, 0.15) is 11.1 Å². The number of aliphatic hydroxyl groups is 1. The van der Waals surface area contributed by atoms with E-state index in [0.29, 0.717) is 0 Å². The summed E-state index contributed by atoms with van der Waals surface area (Å²) in [6.45, 7) is 1.88. The van der Waals surface area contributed by atoms with Crippen molar-refractivity contribution in [1.82, 2.24) is 5.32 Å². The number of thioether (sulfide) groups is 1. The van der Waals surface area contributed by atoms with Crippen LogP contribution in [0.5, 0.6) is 0 Å². The molecule has 19 heavy (non-hydrogen) atoms. The van der Waals surface area contributed by atoms with Gasteiger partial charge in [0, 0.05) is 5.75 Å². The monoisotopic (exact) mass is 282 g/mol. The molecule has 1 unspecified atom stereocenters. The summed E-state index contributed by atoms with van der Waals surface area (Å²) in [5.41, 5.74) is 7.22. The fourth-order valence-electron chi connectivity index (χ4n) is 1.43. The third kappa shape index (κ3) is 6.26.